The molecule has 1 aliphatic carbocycles. The van der Waals surface area contributed by atoms with Gasteiger partial charge in [0.2, 0.25) is 5.95 Å². The van der Waals surface area contributed by atoms with Crippen molar-refractivity contribution in [3.63, 3.8) is 0 Å². The third-order valence-corrected chi connectivity index (χ3v) is 3.10. The van der Waals surface area contributed by atoms with Crippen LogP contribution in [0.2, 0.25) is 0 Å². The largest absolute Gasteiger partial charge is 0.368 e. The molecule has 0 aliphatic heterocycles. The second-order valence-corrected chi connectivity index (χ2v) is 4.43. The lowest BCUT2D eigenvalue weighted by molar-refractivity contribution is 0.617. The van der Waals surface area contributed by atoms with Crippen LogP contribution in [-0.2, 0) is 0 Å². The zero-order chi connectivity index (χ0) is 12.5. The number of halogens is 1. The summed E-state index contributed by atoms with van der Waals surface area (Å²) < 4.78 is 13.4. The highest BCUT2D eigenvalue weighted by atomic mass is 19.1. The standard InChI is InChI=1S/C13H13FN4/c14-10-7-16-13(15)18-12(10)17-11-6-9(11)8-4-2-1-3-5-8/h1-5,7,9,11H,6H2,(H3,15,16,17,18). The number of hydrogen-bond donors (Lipinski definition) is 2. The van der Waals surface area contributed by atoms with Gasteiger partial charge in [-0.15, -0.1) is 0 Å². The van der Waals surface area contributed by atoms with Crippen LogP contribution >= 0.6 is 0 Å². The topological polar surface area (TPSA) is 63.8 Å². The van der Waals surface area contributed by atoms with E-state index in [1.165, 1.54) is 5.56 Å². The number of benzene rings is 1. The molecule has 0 bridgehead atoms. The Kier molecular flexibility index (Phi) is 2.59. The van der Waals surface area contributed by atoms with Gasteiger partial charge in [0.15, 0.2) is 11.6 Å². The molecule has 3 rings (SSSR count). The van der Waals surface area contributed by atoms with E-state index in [1.54, 1.807) is 0 Å². The summed E-state index contributed by atoms with van der Waals surface area (Å²) in [4.78, 5) is 7.46. The van der Waals surface area contributed by atoms with Crippen LogP contribution in [0.25, 0.3) is 0 Å². The monoisotopic (exact) mass is 244 g/mol. The lowest BCUT2D eigenvalue weighted by Gasteiger charge is -2.06. The molecule has 0 saturated heterocycles. The van der Waals surface area contributed by atoms with Crippen molar-refractivity contribution in [2.24, 2.45) is 0 Å². The summed E-state index contributed by atoms with van der Waals surface area (Å²) in [5, 5.41) is 3.07. The molecule has 1 heterocycles. The van der Waals surface area contributed by atoms with Crippen molar-refractivity contribution >= 4 is 11.8 Å². The van der Waals surface area contributed by atoms with Crippen LogP contribution in [0.3, 0.4) is 0 Å². The third-order valence-electron chi connectivity index (χ3n) is 3.10. The van der Waals surface area contributed by atoms with Crippen molar-refractivity contribution in [2.45, 2.75) is 18.4 Å². The van der Waals surface area contributed by atoms with Gasteiger partial charge in [-0.3, -0.25) is 0 Å². The lowest BCUT2D eigenvalue weighted by Crippen LogP contribution is -2.09. The molecule has 1 saturated carbocycles. The van der Waals surface area contributed by atoms with E-state index in [2.05, 4.69) is 27.4 Å². The fourth-order valence-electron chi connectivity index (χ4n) is 2.08. The maximum absolute atomic E-state index is 13.4. The minimum atomic E-state index is -0.470. The minimum Gasteiger partial charge on any atom is -0.368 e. The summed E-state index contributed by atoms with van der Waals surface area (Å²) in [5.74, 6) is 0.214. The average Bonchev–Trinajstić information content (AvgIpc) is 3.14. The fraction of sp³-hybridized carbons (Fsp3) is 0.231. The van der Waals surface area contributed by atoms with E-state index in [0.717, 1.165) is 12.6 Å². The summed E-state index contributed by atoms with van der Waals surface area (Å²) in [5.41, 5.74) is 6.70. The molecule has 2 atom stereocenters. The van der Waals surface area contributed by atoms with E-state index >= 15 is 0 Å². The Balaban J connectivity index is 1.71. The fourth-order valence-corrected chi connectivity index (χ4v) is 2.08. The highest BCUT2D eigenvalue weighted by molar-refractivity contribution is 5.44. The number of anilines is 2. The summed E-state index contributed by atoms with van der Waals surface area (Å²) in [6.07, 6.45) is 2.07. The van der Waals surface area contributed by atoms with E-state index in [4.69, 9.17) is 5.73 Å². The van der Waals surface area contributed by atoms with Gasteiger partial charge >= 0.3 is 0 Å². The first kappa shape index (κ1) is 11.0. The number of nitrogens with zero attached hydrogens (tertiary/aromatic N) is 2. The van der Waals surface area contributed by atoms with Crippen molar-refractivity contribution < 1.29 is 4.39 Å². The number of nitrogens with two attached hydrogens (primary N) is 1. The van der Waals surface area contributed by atoms with Gasteiger partial charge in [0, 0.05) is 12.0 Å². The molecule has 3 N–H and O–H groups in total. The second kappa shape index (κ2) is 4.25. The van der Waals surface area contributed by atoms with E-state index in [-0.39, 0.29) is 17.8 Å². The van der Waals surface area contributed by atoms with Crippen LogP contribution in [0, 0.1) is 5.82 Å². The normalized spacial score (nSPS) is 21.6. The van der Waals surface area contributed by atoms with Gasteiger partial charge in [-0.25, -0.2) is 9.37 Å². The number of rotatable bonds is 3. The Morgan fingerprint density at radius 3 is 2.83 bits per heavy atom. The van der Waals surface area contributed by atoms with Crippen LogP contribution in [0.15, 0.2) is 36.5 Å². The van der Waals surface area contributed by atoms with Gasteiger partial charge in [-0.05, 0) is 12.0 Å². The Bertz CT molecular complexity index is 558. The molecule has 2 unspecified atom stereocenters. The van der Waals surface area contributed by atoms with Crippen LogP contribution in [0.1, 0.15) is 17.9 Å². The third kappa shape index (κ3) is 2.11. The summed E-state index contributed by atoms with van der Waals surface area (Å²) in [6, 6.07) is 10.4. The smallest absolute Gasteiger partial charge is 0.222 e. The zero-order valence-corrected chi connectivity index (χ0v) is 9.68. The zero-order valence-electron chi connectivity index (χ0n) is 9.68. The predicted octanol–water partition coefficient (Wildman–Crippen LogP) is 2.17. The van der Waals surface area contributed by atoms with Crippen LogP contribution in [0.4, 0.5) is 16.2 Å². The lowest BCUT2D eigenvalue weighted by atomic mass is 10.1. The number of aromatic nitrogens is 2. The van der Waals surface area contributed by atoms with E-state index in [0.29, 0.717) is 5.92 Å². The minimum absolute atomic E-state index is 0.0795. The number of hydrogen-bond acceptors (Lipinski definition) is 4. The highest BCUT2D eigenvalue weighted by Gasteiger charge is 2.38. The van der Waals surface area contributed by atoms with Crippen molar-refractivity contribution in [3.8, 4) is 0 Å². The molecule has 1 fully saturated rings. The molecule has 1 aliphatic rings. The van der Waals surface area contributed by atoms with E-state index < -0.39 is 5.82 Å². The summed E-state index contributed by atoms with van der Waals surface area (Å²) in [6.45, 7) is 0. The average molecular weight is 244 g/mol. The van der Waals surface area contributed by atoms with Crippen LogP contribution < -0.4 is 11.1 Å². The van der Waals surface area contributed by atoms with Gasteiger partial charge in [0.1, 0.15) is 0 Å². The predicted molar refractivity (Wildman–Crippen MR) is 67.6 cm³/mol. The number of nitrogen functional groups attached to an aromatic ring is 1. The summed E-state index contributed by atoms with van der Waals surface area (Å²) in [7, 11) is 0. The van der Waals surface area contributed by atoms with Crippen LogP contribution in [-0.4, -0.2) is 16.0 Å². The Morgan fingerprint density at radius 2 is 2.06 bits per heavy atom. The van der Waals surface area contributed by atoms with Crippen molar-refractivity contribution in [2.75, 3.05) is 11.1 Å². The second-order valence-electron chi connectivity index (χ2n) is 4.43. The molecule has 0 spiro atoms. The molecule has 0 radical (unpaired) electrons. The SMILES string of the molecule is Nc1ncc(F)c(NC2CC2c2ccccc2)n1. The van der Waals surface area contributed by atoms with Gasteiger partial charge in [-0.2, -0.15) is 4.98 Å². The highest BCUT2D eigenvalue weighted by Crippen LogP contribution is 2.42. The van der Waals surface area contributed by atoms with Gasteiger partial charge in [0.05, 0.1) is 6.20 Å². The maximum atomic E-state index is 13.4. The molecule has 92 valence electrons. The Labute approximate surface area is 104 Å². The Hall–Kier alpha value is -2.17. The molecule has 5 heteroatoms. The molecule has 1 aromatic carbocycles. The van der Waals surface area contributed by atoms with E-state index in [9.17, 15) is 4.39 Å². The van der Waals surface area contributed by atoms with Crippen molar-refractivity contribution in [3.05, 3.63) is 47.9 Å². The first-order chi connectivity index (χ1) is 8.74. The molecular weight excluding hydrogens is 231 g/mol. The van der Waals surface area contributed by atoms with Crippen molar-refractivity contribution in [1.82, 2.24) is 9.97 Å². The maximum Gasteiger partial charge on any atom is 0.222 e. The van der Waals surface area contributed by atoms with Gasteiger partial charge in [-0.1, -0.05) is 30.3 Å². The molecule has 1 aromatic heterocycles. The molecule has 18 heavy (non-hydrogen) atoms. The first-order valence-corrected chi connectivity index (χ1v) is 5.83. The molecular formula is C13H13FN4. The molecule has 4 nitrogen and oxygen atoms in total. The number of nitrogens with one attached hydrogen (secondary N) is 1. The van der Waals surface area contributed by atoms with Crippen LogP contribution in [0.5, 0.6) is 0 Å². The Morgan fingerprint density at radius 1 is 1.28 bits per heavy atom. The van der Waals surface area contributed by atoms with Gasteiger partial charge < -0.3 is 11.1 Å². The quantitative estimate of drug-likeness (QED) is 0.868. The van der Waals surface area contributed by atoms with Crippen molar-refractivity contribution in [1.29, 1.82) is 0 Å². The molecule has 0 amide bonds. The molecule has 2 aromatic rings. The van der Waals surface area contributed by atoms with E-state index in [1.807, 2.05) is 18.2 Å². The van der Waals surface area contributed by atoms with Gasteiger partial charge in [0.25, 0.3) is 0 Å². The summed E-state index contributed by atoms with van der Waals surface area (Å²) >= 11 is 0. The first-order valence-electron chi connectivity index (χ1n) is 5.83.